The third-order valence-corrected chi connectivity index (χ3v) is 3.37. The van der Waals surface area contributed by atoms with Crippen LogP contribution in [0.1, 0.15) is 24.2 Å². The van der Waals surface area contributed by atoms with E-state index in [1.165, 1.54) is 6.92 Å². The van der Waals surface area contributed by atoms with Crippen LogP contribution in [0.5, 0.6) is 0 Å². The number of amides is 1. The smallest absolute Gasteiger partial charge is 0.244 e. The SMILES string of the molecule is CC(=O)c1ccc(NC(C)C(=O)N2CCOCC2)cc1. The quantitative estimate of drug-likeness (QED) is 0.848. The van der Waals surface area contributed by atoms with Gasteiger partial charge < -0.3 is 15.0 Å². The van der Waals surface area contributed by atoms with Crippen LogP contribution in [0.15, 0.2) is 24.3 Å². The minimum absolute atomic E-state index is 0.0361. The molecule has 0 aromatic heterocycles. The van der Waals surface area contributed by atoms with Crippen LogP contribution >= 0.6 is 0 Å². The molecule has 108 valence electrons. The van der Waals surface area contributed by atoms with Gasteiger partial charge in [-0.25, -0.2) is 0 Å². The Labute approximate surface area is 118 Å². The van der Waals surface area contributed by atoms with E-state index in [9.17, 15) is 9.59 Å². The van der Waals surface area contributed by atoms with Gasteiger partial charge in [-0.15, -0.1) is 0 Å². The predicted molar refractivity (Wildman–Crippen MR) is 76.9 cm³/mol. The molecule has 5 nitrogen and oxygen atoms in total. The topological polar surface area (TPSA) is 58.6 Å². The Morgan fingerprint density at radius 2 is 1.80 bits per heavy atom. The molecule has 0 radical (unpaired) electrons. The highest BCUT2D eigenvalue weighted by Gasteiger charge is 2.22. The van der Waals surface area contributed by atoms with Crippen molar-refractivity contribution in [1.29, 1.82) is 0 Å². The summed E-state index contributed by atoms with van der Waals surface area (Å²) in [7, 11) is 0. The maximum Gasteiger partial charge on any atom is 0.244 e. The zero-order chi connectivity index (χ0) is 14.5. The molecule has 0 aliphatic carbocycles. The standard InChI is InChI=1S/C15H20N2O3/c1-11(15(19)17-7-9-20-10-8-17)16-14-5-3-13(4-6-14)12(2)18/h3-6,11,16H,7-10H2,1-2H3. The summed E-state index contributed by atoms with van der Waals surface area (Å²) in [5.74, 6) is 0.109. The van der Waals surface area contributed by atoms with Gasteiger partial charge in [0.25, 0.3) is 0 Å². The number of carbonyl (C=O) groups excluding carboxylic acids is 2. The number of ketones is 1. The fourth-order valence-corrected chi connectivity index (χ4v) is 2.17. The number of nitrogens with one attached hydrogen (secondary N) is 1. The number of Topliss-reactive ketones (excluding diaryl/α,β-unsaturated/α-hetero) is 1. The number of anilines is 1. The Kier molecular flexibility index (Phi) is 4.74. The highest BCUT2D eigenvalue weighted by molar-refractivity contribution is 5.94. The van der Waals surface area contributed by atoms with Gasteiger partial charge in [-0.05, 0) is 38.1 Å². The highest BCUT2D eigenvalue weighted by Crippen LogP contribution is 2.12. The van der Waals surface area contributed by atoms with Crippen LogP contribution < -0.4 is 5.32 Å². The van der Waals surface area contributed by atoms with Crippen LogP contribution in [0.2, 0.25) is 0 Å². The molecule has 1 heterocycles. The Morgan fingerprint density at radius 1 is 1.20 bits per heavy atom. The van der Waals surface area contributed by atoms with Crippen LogP contribution in [-0.2, 0) is 9.53 Å². The molecular weight excluding hydrogens is 256 g/mol. The van der Waals surface area contributed by atoms with Gasteiger partial charge in [-0.1, -0.05) is 0 Å². The first kappa shape index (κ1) is 14.5. The highest BCUT2D eigenvalue weighted by atomic mass is 16.5. The summed E-state index contributed by atoms with van der Waals surface area (Å²) < 4.78 is 5.24. The summed E-state index contributed by atoms with van der Waals surface area (Å²) >= 11 is 0. The normalized spacial score (nSPS) is 16.6. The number of nitrogens with zero attached hydrogens (tertiary/aromatic N) is 1. The van der Waals surface area contributed by atoms with Crippen LogP contribution in [-0.4, -0.2) is 48.9 Å². The molecule has 1 amide bonds. The van der Waals surface area contributed by atoms with Gasteiger partial charge in [0.1, 0.15) is 6.04 Å². The minimum Gasteiger partial charge on any atom is -0.378 e. The lowest BCUT2D eigenvalue weighted by molar-refractivity contribution is -0.135. The molecule has 1 N–H and O–H groups in total. The van der Waals surface area contributed by atoms with E-state index in [0.717, 1.165) is 5.69 Å². The molecule has 2 rings (SSSR count). The van der Waals surface area contributed by atoms with Gasteiger partial charge in [-0.2, -0.15) is 0 Å². The van der Waals surface area contributed by atoms with E-state index in [2.05, 4.69) is 5.32 Å². The zero-order valence-corrected chi connectivity index (χ0v) is 11.9. The number of benzene rings is 1. The number of ether oxygens (including phenoxy) is 1. The van der Waals surface area contributed by atoms with Crippen LogP contribution in [0.3, 0.4) is 0 Å². The van der Waals surface area contributed by atoms with Crippen LogP contribution in [0, 0.1) is 0 Å². The number of rotatable bonds is 4. The van der Waals surface area contributed by atoms with Crippen molar-refractivity contribution >= 4 is 17.4 Å². The first-order valence-electron chi connectivity index (χ1n) is 6.82. The maximum absolute atomic E-state index is 12.2. The molecule has 1 saturated heterocycles. The minimum atomic E-state index is -0.295. The predicted octanol–water partition coefficient (Wildman–Crippen LogP) is 1.55. The number of morpholine rings is 1. The van der Waals surface area contributed by atoms with E-state index in [0.29, 0.717) is 31.9 Å². The van der Waals surface area contributed by atoms with Crippen molar-refractivity contribution in [1.82, 2.24) is 4.90 Å². The van der Waals surface area contributed by atoms with Gasteiger partial charge in [0.15, 0.2) is 5.78 Å². The molecule has 0 spiro atoms. The molecule has 5 heteroatoms. The fourth-order valence-electron chi connectivity index (χ4n) is 2.17. The lowest BCUT2D eigenvalue weighted by Crippen LogP contribution is -2.46. The molecule has 0 bridgehead atoms. The van der Waals surface area contributed by atoms with E-state index in [1.54, 1.807) is 12.1 Å². The number of carbonyl (C=O) groups is 2. The van der Waals surface area contributed by atoms with Crippen molar-refractivity contribution in [2.24, 2.45) is 0 Å². The Bertz CT molecular complexity index is 478. The average molecular weight is 276 g/mol. The summed E-state index contributed by atoms with van der Waals surface area (Å²) in [6.07, 6.45) is 0. The Balaban J connectivity index is 1.94. The first-order valence-corrected chi connectivity index (χ1v) is 6.82. The summed E-state index contributed by atoms with van der Waals surface area (Å²) in [4.78, 5) is 25.2. The zero-order valence-electron chi connectivity index (χ0n) is 11.9. The van der Waals surface area contributed by atoms with Crippen molar-refractivity contribution in [3.05, 3.63) is 29.8 Å². The summed E-state index contributed by atoms with van der Waals surface area (Å²) in [5, 5.41) is 3.16. The summed E-state index contributed by atoms with van der Waals surface area (Å²) in [6, 6.07) is 6.86. The molecule has 1 fully saturated rings. The van der Waals surface area contributed by atoms with E-state index in [1.807, 2.05) is 24.0 Å². The lowest BCUT2D eigenvalue weighted by Gasteiger charge is -2.29. The lowest BCUT2D eigenvalue weighted by atomic mass is 10.1. The fraction of sp³-hybridized carbons (Fsp3) is 0.467. The number of hydrogen-bond donors (Lipinski definition) is 1. The second kappa shape index (κ2) is 6.52. The van der Waals surface area contributed by atoms with Crippen molar-refractivity contribution in [2.45, 2.75) is 19.9 Å². The van der Waals surface area contributed by atoms with Crippen LogP contribution in [0.25, 0.3) is 0 Å². The van der Waals surface area contributed by atoms with Crippen molar-refractivity contribution in [3.8, 4) is 0 Å². The van der Waals surface area contributed by atoms with E-state index in [4.69, 9.17) is 4.74 Å². The molecule has 1 aromatic rings. The molecule has 1 aromatic carbocycles. The average Bonchev–Trinajstić information content (AvgIpc) is 2.48. The molecule has 1 aliphatic heterocycles. The van der Waals surface area contributed by atoms with Gasteiger partial charge in [0.05, 0.1) is 13.2 Å². The third-order valence-electron chi connectivity index (χ3n) is 3.37. The molecule has 1 aliphatic rings. The van der Waals surface area contributed by atoms with Gasteiger partial charge in [-0.3, -0.25) is 9.59 Å². The van der Waals surface area contributed by atoms with Crippen molar-refractivity contribution in [2.75, 3.05) is 31.6 Å². The van der Waals surface area contributed by atoms with E-state index in [-0.39, 0.29) is 17.7 Å². The van der Waals surface area contributed by atoms with Crippen molar-refractivity contribution in [3.63, 3.8) is 0 Å². The molecule has 0 saturated carbocycles. The van der Waals surface area contributed by atoms with Gasteiger partial charge >= 0.3 is 0 Å². The Morgan fingerprint density at radius 3 is 2.35 bits per heavy atom. The molecular formula is C15H20N2O3. The molecule has 1 atom stereocenters. The number of hydrogen-bond acceptors (Lipinski definition) is 4. The second-order valence-corrected chi connectivity index (χ2v) is 4.94. The summed E-state index contributed by atoms with van der Waals surface area (Å²) in [5.41, 5.74) is 1.51. The monoisotopic (exact) mass is 276 g/mol. The van der Waals surface area contributed by atoms with Crippen molar-refractivity contribution < 1.29 is 14.3 Å². The van der Waals surface area contributed by atoms with Gasteiger partial charge in [0, 0.05) is 24.3 Å². The van der Waals surface area contributed by atoms with Crippen LogP contribution in [0.4, 0.5) is 5.69 Å². The molecule has 1 unspecified atom stereocenters. The Hall–Kier alpha value is -1.88. The third kappa shape index (κ3) is 3.57. The first-order chi connectivity index (χ1) is 9.58. The van der Waals surface area contributed by atoms with Gasteiger partial charge in [0.2, 0.25) is 5.91 Å². The maximum atomic E-state index is 12.2. The largest absolute Gasteiger partial charge is 0.378 e. The molecule has 20 heavy (non-hydrogen) atoms. The van der Waals surface area contributed by atoms with E-state index < -0.39 is 0 Å². The second-order valence-electron chi connectivity index (χ2n) is 4.94. The van der Waals surface area contributed by atoms with E-state index >= 15 is 0 Å². The summed E-state index contributed by atoms with van der Waals surface area (Å²) in [6.45, 7) is 5.88.